The molecule has 0 fully saturated rings. The Morgan fingerprint density at radius 2 is 2.00 bits per heavy atom. The van der Waals surface area contributed by atoms with Crippen molar-refractivity contribution in [3.63, 3.8) is 0 Å². The van der Waals surface area contributed by atoms with Gasteiger partial charge in [-0.3, -0.25) is 14.9 Å². The van der Waals surface area contributed by atoms with Crippen molar-refractivity contribution in [3.05, 3.63) is 46.7 Å². The highest BCUT2D eigenvalue weighted by Crippen LogP contribution is 2.06. The van der Waals surface area contributed by atoms with E-state index in [1.807, 2.05) is 13.8 Å². The molecule has 0 rings (SSSR count). The fourth-order valence-corrected chi connectivity index (χ4v) is 1.36. The van der Waals surface area contributed by atoms with Crippen LogP contribution in [0.4, 0.5) is 0 Å². The van der Waals surface area contributed by atoms with E-state index in [2.05, 4.69) is 13.5 Å². The normalized spacial score (nSPS) is 12.3. The van der Waals surface area contributed by atoms with Gasteiger partial charge in [-0.05, 0) is 33.3 Å². The van der Waals surface area contributed by atoms with E-state index in [0.29, 0.717) is 0 Å². The first-order valence-corrected chi connectivity index (χ1v) is 7.16. The molecule has 5 nitrogen and oxygen atoms in total. The van der Waals surface area contributed by atoms with Crippen LogP contribution in [0.15, 0.2) is 36.6 Å². The summed E-state index contributed by atoms with van der Waals surface area (Å²) >= 11 is 0. The van der Waals surface area contributed by atoms with Crippen molar-refractivity contribution in [3.8, 4) is 0 Å². The lowest BCUT2D eigenvalue weighted by molar-refractivity contribution is -0.419. The molecule has 0 aromatic heterocycles. The van der Waals surface area contributed by atoms with Crippen LogP contribution in [0, 0.1) is 10.1 Å². The molecule has 21 heavy (non-hydrogen) atoms. The van der Waals surface area contributed by atoms with Crippen LogP contribution in [0.2, 0.25) is 0 Å². The predicted molar refractivity (Wildman–Crippen MR) is 85.5 cm³/mol. The summed E-state index contributed by atoms with van der Waals surface area (Å²) in [6, 6.07) is 0. The molecule has 0 heterocycles. The summed E-state index contributed by atoms with van der Waals surface area (Å²) in [5.74, 6) is -0.353. The van der Waals surface area contributed by atoms with Gasteiger partial charge in [0.05, 0.1) is 17.4 Å². The number of carbonyl (C=O) groups is 1. The van der Waals surface area contributed by atoms with E-state index in [1.54, 1.807) is 13.0 Å². The van der Waals surface area contributed by atoms with Gasteiger partial charge in [-0.25, -0.2) is 0 Å². The van der Waals surface area contributed by atoms with Gasteiger partial charge >= 0.3 is 5.97 Å². The Morgan fingerprint density at radius 1 is 1.43 bits per heavy atom. The Bertz CT molecular complexity index is 372. The van der Waals surface area contributed by atoms with Crippen LogP contribution in [-0.4, -0.2) is 17.0 Å². The molecule has 0 N–H and O–H groups in total. The van der Waals surface area contributed by atoms with E-state index in [0.717, 1.165) is 19.3 Å². The van der Waals surface area contributed by atoms with E-state index >= 15 is 0 Å². The van der Waals surface area contributed by atoms with Crippen LogP contribution >= 0.6 is 0 Å². The average Bonchev–Trinajstić information content (AvgIpc) is 2.41. The Hall–Kier alpha value is -1.91. The first-order chi connectivity index (χ1) is 9.92. The van der Waals surface area contributed by atoms with Crippen molar-refractivity contribution >= 4 is 5.97 Å². The van der Waals surface area contributed by atoms with Crippen LogP contribution in [-0.2, 0) is 9.53 Å². The third kappa shape index (κ3) is 14.3. The highest BCUT2D eigenvalue weighted by molar-refractivity contribution is 5.71. The maximum Gasteiger partial charge on any atom is 0.309 e. The van der Waals surface area contributed by atoms with Crippen LogP contribution in [0.25, 0.3) is 0 Å². The lowest BCUT2D eigenvalue weighted by Gasteiger charge is -2.11. The Labute approximate surface area is 127 Å². The molecule has 0 bridgehead atoms. The van der Waals surface area contributed by atoms with Gasteiger partial charge in [0.1, 0.15) is 0 Å². The number of unbranched alkanes of at least 4 members (excludes halogenated alkanes) is 1. The molecule has 0 amide bonds. The smallest absolute Gasteiger partial charge is 0.309 e. The van der Waals surface area contributed by atoms with Crippen molar-refractivity contribution in [2.45, 2.75) is 59.5 Å². The first-order valence-electron chi connectivity index (χ1n) is 7.16. The molecule has 0 spiro atoms. The van der Waals surface area contributed by atoms with Crippen LogP contribution in [0.1, 0.15) is 53.4 Å². The van der Waals surface area contributed by atoms with Gasteiger partial charge in [-0.15, -0.1) is 6.58 Å². The van der Waals surface area contributed by atoms with Gasteiger partial charge in [0.2, 0.25) is 0 Å². The van der Waals surface area contributed by atoms with E-state index in [-0.39, 0.29) is 24.2 Å². The van der Waals surface area contributed by atoms with Crippen LogP contribution < -0.4 is 0 Å². The maximum absolute atomic E-state index is 11.4. The number of allylic oxidation sites excluding steroid dienone is 3. The van der Waals surface area contributed by atoms with Gasteiger partial charge in [-0.1, -0.05) is 31.9 Å². The molecule has 1 atom stereocenters. The molecular formula is C16H27NO4. The van der Waals surface area contributed by atoms with E-state index in [4.69, 9.17) is 4.74 Å². The highest BCUT2D eigenvalue weighted by atomic mass is 16.6. The number of carbonyl (C=O) groups excluding carboxylic acids is 1. The standard InChI is InChI=1S/C13H21NO4.C3H6/c1-4-6-8-11(3)18-13(15)10-7-9-12(5-2)14(16)17;1-3-2/h5,7,9,11H,4,6,8,10H2,1-3H3;3H,1H2,2H3/b9-7-,12-5+;. The average molecular weight is 297 g/mol. The zero-order valence-corrected chi connectivity index (χ0v) is 13.5. The lowest BCUT2D eigenvalue weighted by Crippen LogP contribution is -2.13. The molecule has 5 heteroatoms. The fraction of sp³-hybridized carbons (Fsp3) is 0.562. The molecule has 0 saturated carbocycles. The third-order valence-corrected chi connectivity index (χ3v) is 2.38. The topological polar surface area (TPSA) is 69.4 Å². The number of ether oxygens (including phenoxy) is 1. The number of nitro groups is 1. The minimum absolute atomic E-state index is 0.0261. The largest absolute Gasteiger partial charge is 0.462 e. The quantitative estimate of drug-likeness (QED) is 0.218. The minimum atomic E-state index is -0.494. The second kappa shape index (κ2) is 14.5. The summed E-state index contributed by atoms with van der Waals surface area (Å²) in [6.07, 6.45) is 8.80. The summed E-state index contributed by atoms with van der Waals surface area (Å²) in [7, 11) is 0. The molecule has 0 aliphatic heterocycles. The minimum Gasteiger partial charge on any atom is -0.462 e. The van der Waals surface area contributed by atoms with E-state index < -0.39 is 4.92 Å². The van der Waals surface area contributed by atoms with Crippen molar-refractivity contribution in [1.82, 2.24) is 0 Å². The van der Waals surface area contributed by atoms with Crippen molar-refractivity contribution in [2.24, 2.45) is 0 Å². The molecule has 120 valence electrons. The molecule has 0 aromatic rings. The van der Waals surface area contributed by atoms with Crippen molar-refractivity contribution < 1.29 is 14.5 Å². The summed E-state index contributed by atoms with van der Waals surface area (Å²) in [5, 5.41) is 10.5. The van der Waals surface area contributed by atoms with Crippen LogP contribution in [0.3, 0.4) is 0 Å². The number of hydrogen-bond donors (Lipinski definition) is 0. The van der Waals surface area contributed by atoms with Gasteiger partial charge in [0.15, 0.2) is 0 Å². The summed E-state index contributed by atoms with van der Waals surface area (Å²) in [5.41, 5.74) is -0.0261. The molecule has 0 saturated heterocycles. The summed E-state index contributed by atoms with van der Waals surface area (Å²) in [6.45, 7) is 10.8. The zero-order chi connectivity index (χ0) is 16.7. The van der Waals surface area contributed by atoms with Gasteiger partial charge in [-0.2, -0.15) is 0 Å². The molecular weight excluding hydrogens is 270 g/mol. The molecule has 0 aromatic carbocycles. The second-order valence-corrected chi connectivity index (χ2v) is 4.43. The number of hydrogen-bond acceptors (Lipinski definition) is 4. The highest BCUT2D eigenvalue weighted by Gasteiger charge is 2.08. The first kappa shape index (κ1) is 21.4. The van der Waals surface area contributed by atoms with E-state index in [1.165, 1.54) is 18.2 Å². The van der Waals surface area contributed by atoms with Gasteiger partial charge in [0, 0.05) is 6.08 Å². The predicted octanol–water partition coefficient (Wildman–Crippen LogP) is 4.43. The molecule has 0 aliphatic rings. The molecule has 0 radical (unpaired) electrons. The fourth-order valence-electron chi connectivity index (χ4n) is 1.36. The Morgan fingerprint density at radius 3 is 2.43 bits per heavy atom. The maximum atomic E-state index is 11.4. The second-order valence-electron chi connectivity index (χ2n) is 4.43. The van der Waals surface area contributed by atoms with Crippen molar-refractivity contribution in [2.75, 3.05) is 0 Å². The number of rotatable bonds is 8. The monoisotopic (exact) mass is 297 g/mol. The van der Waals surface area contributed by atoms with Gasteiger partial charge in [0.25, 0.3) is 5.70 Å². The Kier molecular flexibility index (Phi) is 14.8. The summed E-state index contributed by atoms with van der Waals surface area (Å²) in [4.78, 5) is 21.4. The van der Waals surface area contributed by atoms with Crippen molar-refractivity contribution in [1.29, 1.82) is 0 Å². The zero-order valence-electron chi connectivity index (χ0n) is 13.5. The third-order valence-electron chi connectivity index (χ3n) is 2.38. The SMILES string of the molecule is C/C=C(\C=C/CC(=O)OC(C)CCCC)[N+](=O)[O-].C=CC. The number of nitrogens with zero attached hydrogens (tertiary/aromatic N) is 1. The Balaban J connectivity index is 0. The lowest BCUT2D eigenvalue weighted by atomic mass is 10.2. The van der Waals surface area contributed by atoms with Gasteiger partial charge < -0.3 is 4.74 Å². The van der Waals surface area contributed by atoms with Crippen LogP contribution in [0.5, 0.6) is 0 Å². The van der Waals surface area contributed by atoms with E-state index in [9.17, 15) is 14.9 Å². The summed E-state index contributed by atoms with van der Waals surface area (Å²) < 4.78 is 5.15. The number of esters is 1. The molecule has 1 unspecified atom stereocenters. The molecule has 0 aliphatic carbocycles.